The van der Waals surface area contributed by atoms with Crippen LogP contribution in [0, 0.1) is 5.41 Å². The molecular formula is C16H27N3. The van der Waals surface area contributed by atoms with Crippen LogP contribution < -0.4 is 5.32 Å². The fraction of sp³-hybridized carbons (Fsp3) is 0.688. The minimum atomic E-state index is 0.508. The van der Waals surface area contributed by atoms with Crippen LogP contribution in [0.5, 0.6) is 0 Å². The molecule has 0 aliphatic carbocycles. The van der Waals surface area contributed by atoms with Gasteiger partial charge in [0, 0.05) is 24.8 Å². The Kier molecular flexibility index (Phi) is 4.81. The van der Waals surface area contributed by atoms with E-state index in [9.17, 15) is 0 Å². The van der Waals surface area contributed by atoms with Crippen LogP contribution in [0.3, 0.4) is 0 Å². The van der Waals surface area contributed by atoms with Crippen LogP contribution >= 0.6 is 0 Å². The second-order valence-corrected chi connectivity index (χ2v) is 6.34. The normalized spacial score (nSPS) is 19.9. The molecule has 1 N–H and O–H groups in total. The Hall–Kier alpha value is -1.09. The van der Waals surface area contributed by atoms with Gasteiger partial charge in [-0.3, -0.25) is 4.90 Å². The maximum absolute atomic E-state index is 4.45. The highest BCUT2D eigenvalue weighted by Gasteiger charge is 2.23. The molecule has 1 aromatic rings. The fourth-order valence-electron chi connectivity index (χ4n) is 2.77. The lowest BCUT2D eigenvalue weighted by atomic mass is 9.85. The van der Waals surface area contributed by atoms with Gasteiger partial charge in [0.05, 0.1) is 0 Å². The van der Waals surface area contributed by atoms with Gasteiger partial charge < -0.3 is 5.32 Å². The molecule has 0 radical (unpaired) electrons. The van der Waals surface area contributed by atoms with Gasteiger partial charge in [0.15, 0.2) is 0 Å². The second-order valence-electron chi connectivity index (χ2n) is 6.34. The third kappa shape index (κ3) is 4.20. The number of hydrogen-bond donors (Lipinski definition) is 1. The number of aromatic nitrogens is 1. The Morgan fingerprint density at radius 2 is 2.16 bits per heavy atom. The largest absolute Gasteiger partial charge is 0.370 e. The summed E-state index contributed by atoms with van der Waals surface area (Å²) in [6.07, 6.45) is 5.82. The summed E-state index contributed by atoms with van der Waals surface area (Å²) >= 11 is 0. The van der Waals surface area contributed by atoms with Crippen LogP contribution in [-0.4, -0.2) is 29.5 Å². The Morgan fingerprint density at radius 3 is 2.95 bits per heavy atom. The molecule has 0 aromatic carbocycles. The summed E-state index contributed by atoms with van der Waals surface area (Å²) in [6, 6.07) is 4.24. The molecule has 0 spiro atoms. The van der Waals surface area contributed by atoms with Crippen molar-refractivity contribution in [3.63, 3.8) is 0 Å². The Labute approximate surface area is 117 Å². The van der Waals surface area contributed by atoms with Gasteiger partial charge >= 0.3 is 0 Å². The number of hydrogen-bond acceptors (Lipinski definition) is 3. The van der Waals surface area contributed by atoms with Crippen molar-refractivity contribution in [1.82, 2.24) is 9.88 Å². The highest BCUT2D eigenvalue weighted by Crippen LogP contribution is 2.30. The molecule has 0 atom stereocenters. The van der Waals surface area contributed by atoms with E-state index >= 15 is 0 Å². The maximum Gasteiger partial charge on any atom is 0.130 e. The summed E-state index contributed by atoms with van der Waals surface area (Å²) < 4.78 is 0. The smallest absolute Gasteiger partial charge is 0.130 e. The number of likely N-dealkylation sites (tertiary alicyclic amines) is 1. The van der Waals surface area contributed by atoms with E-state index in [0.29, 0.717) is 5.41 Å². The number of anilines is 1. The first-order valence-electron chi connectivity index (χ1n) is 7.51. The molecule has 106 valence electrons. The molecule has 0 saturated carbocycles. The van der Waals surface area contributed by atoms with Gasteiger partial charge in [-0.25, -0.2) is 4.98 Å². The first kappa shape index (κ1) is 14.3. The summed E-state index contributed by atoms with van der Waals surface area (Å²) in [6.45, 7) is 11.3. The van der Waals surface area contributed by atoms with Gasteiger partial charge in [-0.05, 0) is 50.8 Å². The van der Waals surface area contributed by atoms with Crippen molar-refractivity contribution in [2.75, 3.05) is 25.0 Å². The standard InChI is InChI=1S/C16H27N3/c1-4-17-15-14(7-5-10-18-15)13-19-11-6-8-16(2,3)9-12-19/h5,7,10H,4,6,8-9,11-13H2,1-3H3,(H,17,18). The summed E-state index contributed by atoms with van der Waals surface area (Å²) in [5.41, 5.74) is 1.83. The van der Waals surface area contributed by atoms with E-state index in [1.165, 1.54) is 37.9 Å². The molecule has 0 bridgehead atoms. The summed E-state index contributed by atoms with van der Waals surface area (Å²) in [5, 5.41) is 3.36. The van der Waals surface area contributed by atoms with Crippen molar-refractivity contribution in [2.45, 2.75) is 46.6 Å². The fourth-order valence-corrected chi connectivity index (χ4v) is 2.77. The molecule has 3 heteroatoms. The minimum absolute atomic E-state index is 0.508. The van der Waals surface area contributed by atoms with E-state index in [-0.39, 0.29) is 0 Å². The lowest BCUT2D eigenvalue weighted by Crippen LogP contribution is -2.25. The van der Waals surface area contributed by atoms with Gasteiger partial charge in [-0.2, -0.15) is 0 Å². The van der Waals surface area contributed by atoms with E-state index in [0.717, 1.165) is 18.9 Å². The maximum atomic E-state index is 4.45. The number of rotatable bonds is 4. The molecule has 3 nitrogen and oxygen atoms in total. The summed E-state index contributed by atoms with van der Waals surface area (Å²) in [7, 11) is 0. The molecule has 1 aromatic heterocycles. The van der Waals surface area contributed by atoms with Crippen LogP contribution in [0.1, 0.15) is 45.6 Å². The molecule has 0 unspecified atom stereocenters. The van der Waals surface area contributed by atoms with Crippen molar-refractivity contribution >= 4 is 5.82 Å². The van der Waals surface area contributed by atoms with Gasteiger partial charge in [0.2, 0.25) is 0 Å². The molecule has 19 heavy (non-hydrogen) atoms. The van der Waals surface area contributed by atoms with Gasteiger partial charge in [0.1, 0.15) is 5.82 Å². The van der Waals surface area contributed by atoms with Crippen molar-refractivity contribution < 1.29 is 0 Å². The van der Waals surface area contributed by atoms with Crippen LogP contribution in [-0.2, 0) is 6.54 Å². The molecule has 1 aliphatic rings. The molecule has 2 rings (SSSR count). The van der Waals surface area contributed by atoms with Crippen molar-refractivity contribution in [1.29, 1.82) is 0 Å². The van der Waals surface area contributed by atoms with E-state index in [1.54, 1.807) is 0 Å². The third-order valence-corrected chi connectivity index (χ3v) is 4.06. The average molecular weight is 261 g/mol. The van der Waals surface area contributed by atoms with Gasteiger partial charge in [-0.1, -0.05) is 19.9 Å². The minimum Gasteiger partial charge on any atom is -0.370 e. The van der Waals surface area contributed by atoms with E-state index in [1.807, 2.05) is 12.3 Å². The van der Waals surface area contributed by atoms with E-state index < -0.39 is 0 Å². The van der Waals surface area contributed by atoms with Crippen LogP contribution in [0.4, 0.5) is 5.82 Å². The Morgan fingerprint density at radius 1 is 1.32 bits per heavy atom. The molecule has 0 amide bonds. The van der Waals surface area contributed by atoms with Crippen molar-refractivity contribution in [3.05, 3.63) is 23.9 Å². The highest BCUT2D eigenvalue weighted by atomic mass is 15.1. The zero-order chi connectivity index (χ0) is 13.7. The van der Waals surface area contributed by atoms with E-state index in [4.69, 9.17) is 0 Å². The quantitative estimate of drug-likeness (QED) is 0.898. The van der Waals surface area contributed by atoms with Crippen LogP contribution in [0.2, 0.25) is 0 Å². The van der Waals surface area contributed by atoms with Crippen molar-refractivity contribution in [2.24, 2.45) is 5.41 Å². The van der Waals surface area contributed by atoms with Gasteiger partial charge in [-0.15, -0.1) is 0 Å². The SMILES string of the molecule is CCNc1ncccc1CN1CCCC(C)(C)CC1. The summed E-state index contributed by atoms with van der Waals surface area (Å²) in [4.78, 5) is 7.02. The first-order chi connectivity index (χ1) is 9.11. The molecule has 1 aliphatic heterocycles. The number of nitrogens with one attached hydrogen (secondary N) is 1. The lowest BCUT2D eigenvalue weighted by molar-refractivity contribution is 0.256. The zero-order valence-electron chi connectivity index (χ0n) is 12.6. The van der Waals surface area contributed by atoms with E-state index in [2.05, 4.69) is 42.0 Å². The third-order valence-electron chi connectivity index (χ3n) is 4.06. The molecular weight excluding hydrogens is 234 g/mol. The number of nitrogens with zero attached hydrogens (tertiary/aromatic N) is 2. The molecule has 2 heterocycles. The monoisotopic (exact) mass is 261 g/mol. The Balaban J connectivity index is 2.01. The molecule has 1 fully saturated rings. The lowest BCUT2D eigenvalue weighted by Gasteiger charge is -2.23. The second kappa shape index (κ2) is 6.38. The van der Waals surface area contributed by atoms with Crippen molar-refractivity contribution in [3.8, 4) is 0 Å². The predicted octanol–water partition coefficient (Wildman–Crippen LogP) is 3.53. The van der Waals surface area contributed by atoms with Crippen LogP contribution in [0.15, 0.2) is 18.3 Å². The predicted molar refractivity (Wildman–Crippen MR) is 81.3 cm³/mol. The van der Waals surface area contributed by atoms with Crippen LogP contribution in [0.25, 0.3) is 0 Å². The summed E-state index contributed by atoms with van der Waals surface area (Å²) in [5.74, 6) is 1.05. The highest BCUT2D eigenvalue weighted by molar-refractivity contribution is 5.43. The van der Waals surface area contributed by atoms with Gasteiger partial charge in [0.25, 0.3) is 0 Å². The average Bonchev–Trinajstić information content (AvgIpc) is 2.54. The number of pyridine rings is 1. The first-order valence-corrected chi connectivity index (χ1v) is 7.51. The topological polar surface area (TPSA) is 28.2 Å². The zero-order valence-corrected chi connectivity index (χ0v) is 12.6. The molecule has 1 saturated heterocycles. The Bertz CT molecular complexity index is 401.